The van der Waals surface area contributed by atoms with Crippen LogP contribution < -0.4 is 9.46 Å². The normalized spacial score (nSPS) is 18.7. The molecule has 0 fully saturated rings. The van der Waals surface area contributed by atoms with Crippen LogP contribution in [0.4, 0.5) is 5.69 Å². The minimum atomic E-state index is -3.80. The number of rotatable bonds is 9. The van der Waals surface area contributed by atoms with Crippen molar-refractivity contribution in [2.75, 3.05) is 31.5 Å². The lowest BCUT2D eigenvalue weighted by Gasteiger charge is -2.38. The minimum absolute atomic E-state index is 0.0654. The van der Waals surface area contributed by atoms with Crippen LogP contribution in [0.2, 0.25) is 10.0 Å². The molecular weight excluding hydrogens is 581 g/mol. The number of likely N-dealkylation sites (N-methyl/N-ethyl adjacent to an activating group) is 1. The highest BCUT2D eigenvalue weighted by Crippen LogP contribution is 2.32. The predicted octanol–water partition coefficient (Wildman–Crippen LogP) is 5.21. The van der Waals surface area contributed by atoms with Crippen LogP contribution in [0.15, 0.2) is 58.1 Å². The number of halogens is 2. The van der Waals surface area contributed by atoms with Gasteiger partial charge in [0.15, 0.2) is 0 Å². The van der Waals surface area contributed by atoms with E-state index in [0.29, 0.717) is 35.4 Å². The van der Waals surface area contributed by atoms with Gasteiger partial charge in [-0.1, -0.05) is 42.3 Å². The summed E-state index contributed by atoms with van der Waals surface area (Å²) in [5.74, 6) is -0.0451. The molecular formula is C27H31Cl2N3O5S2. The zero-order valence-corrected chi connectivity index (χ0v) is 24.9. The highest BCUT2D eigenvalue weighted by molar-refractivity contribution is 7.94. The third-order valence-corrected chi connectivity index (χ3v) is 10.1. The van der Waals surface area contributed by atoms with E-state index in [1.807, 2.05) is 26.1 Å². The van der Waals surface area contributed by atoms with Gasteiger partial charge in [0.1, 0.15) is 16.1 Å². The van der Waals surface area contributed by atoms with Crippen LogP contribution in [-0.2, 0) is 16.6 Å². The van der Waals surface area contributed by atoms with E-state index in [4.69, 9.17) is 27.9 Å². The van der Waals surface area contributed by atoms with Crippen molar-refractivity contribution < 1.29 is 23.1 Å². The molecule has 0 spiro atoms. The Labute approximate surface area is 243 Å². The topological polar surface area (TPSA) is 99.2 Å². The summed E-state index contributed by atoms with van der Waals surface area (Å²) < 4.78 is 34.7. The van der Waals surface area contributed by atoms with Crippen molar-refractivity contribution in [2.24, 2.45) is 5.92 Å². The standard InChI is InChI=1S/C27H31Cl2N3O5S2/c1-17-13-32(18(2)16-33)27(34)21-12-20(30-39(35,36)26-5-4-10-38-26)7-9-24(21)37-25(17)15-31(3)14-19-6-8-22(28)23(29)11-19/h4-12,17-18,25,30,33H,13-16H2,1-3H3/t17-,18-,25-/m0/s1. The summed E-state index contributed by atoms with van der Waals surface area (Å²) in [7, 11) is -1.83. The Morgan fingerprint density at radius 3 is 2.64 bits per heavy atom. The molecule has 1 aliphatic rings. The Balaban J connectivity index is 1.62. The molecule has 1 amide bonds. The number of aliphatic hydroxyl groups excluding tert-OH is 1. The van der Waals surface area contributed by atoms with Crippen LogP contribution in [0.1, 0.15) is 29.8 Å². The molecule has 8 nitrogen and oxygen atoms in total. The highest BCUT2D eigenvalue weighted by atomic mass is 35.5. The number of hydrogen-bond acceptors (Lipinski definition) is 7. The largest absolute Gasteiger partial charge is 0.488 e. The van der Waals surface area contributed by atoms with Crippen LogP contribution >= 0.6 is 34.5 Å². The maximum Gasteiger partial charge on any atom is 0.271 e. The molecule has 3 aromatic rings. The number of anilines is 1. The van der Waals surface area contributed by atoms with Gasteiger partial charge < -0.3 is 14.7 Å². The van der Waals surface area contributed by atoms with Gasteiger partial charge in [-0.25, -0.2) is 8.42 Å². The van der Waals surface area contributed by atoms with Gasteiger partial charge in [-0.05, 0) is 61.3 Å². The molecule has 4 rings (SSSR count). The van der Waals surface area contributed by atoms with Crippen LogP contribution in [-0.4, -0.2) is 68.1 Å². The average molecular weight is 613 g/mol. The lowest BCUT2D eigenvalue weighted by Crippen LogP contribution is -2.49. The zero-order chi connectivity index (χ0) is 28.3. The second-order valence-electron chi connectivity index (χ2n) is 9.82. The predicted molar refractivity (Wildman–Crippen MR) is 156 cm³/mol. The first kappa shape index (κ1) is 29.6. The second kappa shape index (κ2) is 12.4. The number of ether oxygens (including phenoxy) is 1. The molecule has 0 aliphatic carbocycles. The fraction of sp³-hybridized carbons (Fsp3) is 0.370. The van der Waals surface area contributed by atoms with Crippen LogP contribution in [0.25, 0.3) is 0 Å². The number of sulfonamides is 1. The smallest absolute Gasteiger partial charge is 0.271 e. The molecule has 0 radical (unpaired) electrons. The maximum atomic E-state index is 13.6. The highest BCUT2D eigenvalue weighted by Gasteiger charge is 2.33. The number of nitrogens with zero attached hydrogens (tertiary/aromatic N) is 2. The van der Waals surface area contributed by atoms with E-state index in [1.54, 1.807) is 41.5 Å². The van der Waals surface area contributed by atoms with Crippen molar-refractivity contribution >= 4 is 56.2 Å². The number of fused-ring (bicyclic) bond motifs is 1. The van der Waals surface area contributed by atoms with Gasteiger partial charge >= 0.3 is 0 Å². The van der Waals surface area contributed by atoms with Gasteiger partial charge in [-0.3, -0.25) is 14.4 Å². The van der Waals surface area contributed by atoms with Gasteiger partial charge in [0.2, 0.25) is 0 Å². The summed E-state index contributed by atoms with van der Waals surface area (Å²) in [4.78, 5) is 17.4. The van der Waals surface area contributed by atoms with Crippen molar-refractivity contribution in [1.29, 1.82) is 0 Å². The molecule has 2 heterocycles. The van der Waals surface area contributed by atoms with E-state index in [0.717, 1.165) is 16.9 Å². The lowest BCUT2D eigenvalue weighted by atomic mass is 9.99. The summed E-state index contributed by atoms with van der Waals surface area (Å²) in [6.45, 7) is 5.09. The van der Waals surface area contributed by atoms with Crippen LogP contribution in [0, 0.1) is 5.92 Å². The molecule has 210 valence electrons. The fourth-order valence-electron chi connectivity index (χ4n) is 4.45. The number of benzene rings is 2. The third kappa shape index (κ3) is 7.06. The van der Waals surface area contributed by atoms with Crippen molar-refractivity contribution in [3.8, 4) is 5.75 Å². The summed E-state index contributed by atoms with van der Waals surface area (Å²) in [6, 6.07) is 12.9. The fourth-order valence-corrected chi connectivity index (χ4v) is 6.81. The number of carbonyl (C=O) groups excluding carboxylic acids is 1. The van der Waals surface area contributed by atoms with E-state index in [1.165, 1.54) is 12.1 Å². The number of thiophene rings is 1. The van der Waals surface area contributed by atoms with Crippen molar-refractivity contribution in [2.45, 2.75) is 36.7 Å². The second-order valence-corrected chi connectivity index (χ2v) is 13.5. The Morgan fingerprint density at radius 2 is 1.97 bits per heavy atom. The van der Waals surface area contributed by atoms with Gasteiger partial charge in [-0.15, -0.1) is 11.3 Å². The quantitative estimate of drug-likeness (QED) is 0.345. The molecule has 0 unspecified atom stereocenters. The first-order chi connectivity index (χ1) is 18.5. The number of amides is 1. The molecule has 2 aromatic carbocycles. The lowest BCUT2D eigenvalue weighted by molar-refractivity contribution is 0.0341. The van der Waals surface area contributed by atoms with Gasteiger partial charge in [-0.2, -0.15) is 0 Å². The average Bonchev–Trinajstić information content (AvgIpc) is 3.44. The van der Waals surface area contributed by atoms with E-state index < -0.39 is 16.1 Å². The first-order valence-corrected chi connectivity index (χ1v) is 15.5. The minimum Gasteiger partial charge on any atom is -0.488 e. The molecule has 0 bridgehead atoms. The Bertz CT molecular complexity index is 1420. The monoisotopic (exact) mass is 611 g/mol. The van der Waals surface area contributed by atoms with Crippen molar-refractivity contribution in [1.82, 2.24) is 9.80 Å². The molecule has 39 heavy (non-hydrogen) atoms. The first-order valence-electron chi connectivity index (χ1n) is 12.4. The molecule has 2 N–H and O–H groups in total. The van der Waals surface area contributed by atoms with Gasteiger partial charge in [0.05, 0.1) is 28.3 Å². The van der Waals surface area contributed by atoms with Gasteiger partial charge in [0, 0.05) is 31.2 Å². The SMILES string of the molecule is C[C@H]1CN([C@@H](C)CO)C(=O)c2cc(NS(=O)(=O)c3cccs3)ccc2O[C@H]1CN(C)Cc1ccc(Cl)c(Cl)c1. The number of nitrogens with one attached hydrogen (secondary N) is 1. The van der Waals surface area contributed by atoms with Crippen LogP contribution in [0.5, 0.6) is 5.75 Å². The third-order valence-electron chi connectivity index (χ3n) is 6.61. The Hall–Kier alpha value is -2.34. The number of aliphatic hydroxyl groups is 1. The van der Waals surface area contributed by atoms with Crippen LogP contribution in [0.3, 0.4) is 0 Å². The van der Waals surface area contributed by atoms with E-state index in [2.05, 4.69) is 9.62 Å². The Kier molecular flexibility index (Phi) is 9.46. The molecule has 0 saturated carbocycles. The maximum absolute atomic E-state index is 13.6. The molecule has 1 aromatic heterocycles. The summed E-state index contributed by atoms with van der Waals surface area (Å²) in [6.07, 6.45) is -0.299. The number of hydrogen-bond donors (Lipinski definition) is 2. The van der Waals surface area contributed by atoms with Crippen molar-refractivity contribution in [3.05, 3.63) is 75.1 Å². The van der Waals surface area contributed by atoms with Gasteiger partial charge in [0.25, 0.3) is 15.9 Å². The molecule has 12 heteroatoms. The van der Waals surface area contributed by atoms with E-state index in [-0.39, 0.29) is 40.0 Å². The molecule has 1 aliphatic heterocycles. The zero-order valence-electron chi connectivity index (χ0n) is 21.8. The van der Waals surface area contributed by atoms with E-state index >= 15 is 0 Å². The number of carbonyl (C=O) groups is 1. The summed E-state index contributed by atoms with van der Waals surface area (Å²) in [5.41, 5.74) is 1.47. The van der Waals surface area contributed by atoms with E-state index in [9.17, 15) is 18.3 Å². The summed E-state index contributed by atoms with van der Waals surface area (Å²) in [5, 5.41) is 12.6. The van der Waals surface area contributed by atoms with Crippen molar-refractivity contribution in [3.63, 3.8) is 0 Å². The molecule has 3 atom stereocenters. The molecule has 0 saturated heterocycles. The Morgan fingerprint density at radius 1 is 1.21 bits per heavy atom. The summed E-state index contributed by atoms with van der Waals surface area (Å²) >= 11 is 13.3.